The van der Waals surface area contributed by atoms with Crippen molar-refractivity contribution in [2.75, 3.05) is 0 Å². The Morgan fingerprint density at radius 3 is 1.59 bits per heavy atom. The first kappa shape index (κ1) is 21.3. The van der Waals surface area contributed by atoms with Gasteiger partial charge in [0.15, 0.2) is 0 Å². The predicted molar refractivity (Wildman–Crippen MR) is 93.6 cm³/mol. The number of nitrogens with zero attached hydrogens (tertiary/aromatic N) is 3. The molecule has 0 saturated heterocycles. The van der Waals surface area contributed by atoms with Crippen molar-refractivity contribution in [1.29, 1.82) is 0 Å². The topological polar surface area (TPSA) is 82.9 Å². The SMILES string of the molecule is CCCCCCCCCCCCCCCC(N=[N+]=[N-])[SH](=O)=O. The van der Waals surface area contributed by atoms with Crippen molar-refractivity contribution in [3.63, 3.8) is 0 Å². The molecule has 0 N–H and O–H groups in total. The Balaban J connectivity index is 3.28. The lowest BCUT2D eigenvalue weighted by Crippen LogP contribution is -2.04. The summed E-state index contributed by atoms with van der Waals surface area (Å²) in [5.74, 6) is 0. The number of azide groups is 1. The van der Waals surface area contributed by atoms with E-state index in [2.05, 4.69) is 16.9 Å². The van der Waals surface area contributed by atoms with Crippen molar-refractivity contribution in [3.05, 3.63) is 10.4 Å². The van der Waals surface area contributed by atoms with Crippen LogP contribution in [-0.4, -0.2) is 13.8 Å². The van der Waals surface area contributed by atoms with Crippen LogP contribution in [0.2, 0.25) is 0 Å². The number of thiol groups is 1. The highest BCUT2D eigenvalue weighted by atomic mass is 32.2. The van der Waals surface area contributed by atoms with Crippen LogP contribution in [0.4, 0.5) is 0 Å². The van der Waals surface area contributed by atoms with Gasteiger partial charge in [0.25, 0.3) is 0 Å². The molecule has 0 aliphatic rings. The molecule has 0 aromatic rings. The monoisotopic (exact) mass is 331 g/mol. The molecule has 0 aromatic heterocycles. The molecule has 0 radical (unpaired) electrons. The van der Waals surface area contributed by atoms with Crippen LogP contribution in [0.5, 0.6) is 0 Å². The van der Waals surface area contributed by atoms with Crippen molar-refractivity contribution in [2.24, 2.45) is 5.11 Å². The van der Waals surface area contributed by atoms with Gasteiger partial charge in [-0.1, -0.05) is 95.5 Å². The van der Waals surface area contributed by atoms with Gasteiger partial charge in [-0.2, -0.15) is 0 Å². The van der Waals surface area contributed by atoms with Crippen LogP contribution in [0.3, 0.4) is 0 Å². The first-order chi connectivity index (χ1) is 10.7. The maximum absolute atomic E-state index is 10.8. The Labute approximate surface area is 137 Å². The molecule has 0 spiro atoms. The van der Waals surface area contributed by atoms with Crippen LogP contribution in [0.1, 0.15) is 96.8 Å². The molecule has 0 bridgehead atoms. The summed E-state index contributed by atoms with van der Waals surface area (Å²) in [4.78, 5) is 2.58. The van der Waals surface area contributed by atoms with Crippen molar-refractivity contribution < 1.29 is 8.42 Å². The summed E-state index contributed by atoms with van der Waals surface area (Å²) in [7, 11) is -2.63. The van der Waals surface area contributed by atoms with E-state index in [0.717, 1.165) is 19.3 Å². The number of hydrogen-bond donors (Lipinski definition) is 1. The van der Waals surface area contributed by atoms with E-state index in [4.69, 9.17) is 5.53 Å². The fourth-order valence-corrected chi connectivity index (χ4v) is 3.13. The number of hydrogen-bond acceptors (Lipinski definition) is 3. The van der Waals surface area contributed by atoms with Crippen LogP contribution in [0.25, 0.3) is 10.4 Å². The third-order valence-electron chi connectivity index (χ3n) is 3.99. The zero-order chi connectivity index (χ0) is 16.5. The molecule has 1 atom stereocenters. The second kappa shape index (κ2) is 16.6. The van der Waals surface area contributed by atoms with Crippen molar-refractivity contribution in [2.45, 2.75) is 102 Å². The van der Waals surface area contributed by atoms with Crippen LogP contribution < -0.4 is 0 Å². The molecule has 0 fully saturated rings. The first-order valence-corrected chi connectivity index (χ1v) is 10.1. The van der Waals surface area contributed by atoms with Crippen LogP contribution in [0, 0.1) is 0 Å². The summed E-state index contributed by atoms with van der Waals surface area (Å²) >= 11 is 0. The smallest absolute Gasteiger partial charge is 0.148 e. The predicted octanol–water partition coefficient (Wildman–Crippen LogP) is 5.72. The van der Waals surface area contributed by atoms with E-state index >= 15 is 0 Å². The van der Waals surface area contributed by atoms with Gasteiger partial charge >= 0.3 is 0 Å². The molecule has 0 amide bonds. The summed E-state index contributed by atoms with van der Waals surface area (Å²) in [6, 6.07) is 0. The van der Waals surface area contributed by atoms with Crippen molar-refractivity contribution in [1.82, 2.24) is 0 Å². The largest absolute Gasteiger partial charge is 0.231 e. The third kappa shape index (κ3) is 14.2. The van der Waals surface area contributed by atoms with E-state index in [-0.39, 0.29) is 0 Å². The molecule has 1 unspecified atom stereocenters. The quantitative estimate of drug-likeness (QED) is 0.129. The first-order valence-electron chi connectivity index (χ1n) is 8.90. The highest BCUT2D eigenvalue weighted by Gasteiger charge is 2.07. The van der Waals surface area contributed by atoms with Gasteiger partial charge < -0.3 is 0 Å². The van der Waals surface area contributed by atoms with Crippen LogP contribution in [-0.2, 0) is 10.7 Å². The normalized spacial score (nSPS) is 12.3. The molecule has 0 saturated carbocycles. The Hall–Kier alpha value is -0.740. The fraction of sp³-hybridized carbons (Fsp3) is 1.00. The summed E-state index contributed by atoms with van der Waals surface area (Å²) < 4.78 is 21.6. The van der Waals surface area contributed by atoms with Gasteiger partial charge in [0.2, 0.25) is 0 Å². The summed E-state index contributed by atoms with van der Waals surface area (Å²) in [6.07, 6.45) is 16.9. The van der Waals surface area contributed by atoms with E-state index in [1.165, 1.54) is 64.2 Å². The van der Waals surface area contributed by atoms with E-state index < -0.39 is 16.1 Å². The van der Waals surface area contributed by atoms with Crippen molar-refractivity contribution >= 4 is 10.7 Å². The Morgan fingerprint density at radius 1 is 0.818 bits per heavy atom. The molecule has 22 heavy (non-hydrogen) atoms. The standard InChI is InChI=1S/C16H33N3O2S/c1-2-3-4-5-6-7-8-9-10-11-12-13-14-15-16(18-19-17)22(20)21/h16,22H,2-15H2,1H3. The van der Waals surface area contributed by atoms with Crippen LogP contribution >= 0.6 is 0 Å². The Bertz CT molecular complexity index is 358. The van der Waals surface area contributed by atoms with Gasteiger partial charge in [-0.05, 0) is 12.0 Å². The summed E-state index contributed by atoms with van der Waals surface area (Å²) in [5, 5.41) is 2.45. The molecule has 0 heterocycles. The number of rotatable bonds is 16. The van der Waals surface area contributed by atoms with Gasteiger partial charge in [0.05, 0.1) is 0 Å². The zero-order valence-electron chi connectivity index (χ0n) is 14.1. The van der Waals surface area contributed by atoms with Gasteiger partial charge in [-0.25, -0.2) is 8.42 Å². The minimum Gasteiger partial charge on any atom is -0.231 e. The second-order valence-corrected chi connectivity index (χ2v) is 7.17. The molecule has 130 valence electrons. The molecular weight excluding hydrogens is 298 g/mol. The van der Waals surface area contributed by atoms with Gasteiger partial charge in [0.1, 0.15) is 16.1 Å². The molecule has 0 aliphatic heterocycles. The molecule has 0 aliphatic carbocycles. The van der Waals surface area contributed by atoms with Gasteiger partial charge in [0, 0.05) is 4.91 Å². The minimum absolute atomic E-state index is 0.459. The van der Waals surface area contributed by atoms with Gasteiger partial charge in [-0.15, -0.1) is 0 Å². The highest BCUT2D eigenvalue weighted by molar-refractivity contribution is 7.73. The molecule has 0 rings (SSSR count). The van der Waals surface area contributed by atoms with Crippen molar-refractivity contribution in [3.8, 4) is 0 Å². The summed E-state index contributed by atoms with van der Waals surface area (Å²) in [5.41, 5.74) is 8.28. The Morgan fingerprint density at radius 2 is 1.23 bits per heavy atom. The molecule has 0 aromatic carbocycles. The zero-order valence-corrected chi connectivity index (χ0v) is 15.0. The maximum atomic E-state index is 10.8. The molecular formula is C16H33N3O2S. The number of unbranched alkanes of at least 4 members (excludes halogenated alkanes) is 12. The van der Waals surface area contributed by atoms with E-state index in [1.54, 1.807) is 0 Å². The maximum Gasteiger partial charge on any atom is 0.148 e. The lowest BCUT2D eigenvalue weighted by Gasteiger charge is -2.04. The van der Waals surface area contributed by atoms with E-state index in [1.807, 2.05) is 0 Å². The lowest BCUT2D eigenvalue weighted by molar-refractivity contribution is 0.530. The molecule has 5 nitrogen and oxygen atoms in total. The third-order valence-corrected chi connectivity index (χ3v) is 4.84. The second-order valence-electron chi connectivity index (χ2n) is 6.00. The van der Waals surface area contributed by atoms with E-state index in [9.17, 15) is 8.42 Å². The van der Waals surface area contributed by atoms with Gasteiger partial charge in [-0.3, -0.25) is 0 Å². The fourth-order valence-electron chi connectivity index (χ4n) is 2.61. The minimum atomic E-state index is -2.63. The molecule has 6 heteroatoms. The average molecular weight is 332 g/mol. The lowest BCUT2D eigenvalue weighted by atomic mass is 10.0. The van der Waals surface area contributed by atoms with Crippen LogP contribution in [0.15, 0.2) is 5.11 Å². The highest BCUT2D eigenvalue weighted by Crippen LogP contribution is 2.14. The Kier molecular flexibility index (Phi) is 16.1. The summed E-state index contributed by atoms with van der Waals surface area (Å²) in [6.45, 7) is 2.25. The average Bonchev–Trinajstić information content (AvgIpc) is 2.50. The van der Waals surface area contributed by atoms with E-state index in [0.29, 0.717) is 6.42 Å².